The van der Waals surface area contributed by atoms with Gasteiger partial charge in [0, 0.05) is 18.2 Å². The van der Waals surface area contributed by atoms with Crippen LogP contribution in [0.2, 0.25) is 5.02 Å². The number of rotatable bonds is 6. The number of nitrogens with zero attached hydrogens (tertiary/aromatic N) is 1. The minimum absolute atomic E-state index is 0.0607. The largest absolute Gasteiger partial charge is 0.348 e. The molecule has 0 radical (unpaired) electrons. The molecule has 0 aliphatic heterocycles. The van der Waals surface area contributed by atoms with E-state index in [-0.39, 0.29) is 23.7 Å². The highest BCUT2D eigenvalue weighted by Gasteiger charge is 2.24. The fourth-order valence-corrected chi connectivity index (χ4v) is 1.87. The number of amides is 2. The predicted octanol–water partition coefficient (Wildman–Crippen LogP) is 0.831. The molecule has 0 heterocycles. The highest BCUT2D eigenvalue weighted by Crippen LogP contribution is 2.25. The summed E-state index contributed by atoms with van der Waals surface area (Å²) in [5.74, 6) is -1.25. The second kappa shape index (κ2) is 7.19. The number of nitrogens with two attached hydrogens (primary N) is 1. The number of nitro groups is 1. The number of nitrogens with one attached hydrogen (secondary N) is 2. The van der Waals surface area contributed by atoms with Crippen molar-refractivity contribution >= 4 is 29.1 Å². The lowest BCUT2D eigenvalue weighted by Gasteiger charge is -2.24. The van der Waals surface area contributed by atoms with Gasteiger partial charge in [-0.05, 0) is 19.9 Å². The minimum Gasteiger partial charge on any atom is -0.348 e. The summed E-state index contributed by atoms with van der Waals surface area (Å²) in [6.07, 6.45) is 0. The van der Waals surface area contributed by atoms with Crippen molar-refractivity contribution in [2.24, 2.45) is 5.73 Å². The first-order valence-corrected chi connectivity index (χ1v) is 6.78. The summed E-state index contributed by atoms with van der Waals surface area (Å²) in [5, 5.41) is 15.8. The maximum absolute atomic E-state index is 12.0. The van der Waals surface area contributed by atoms with Gasteiger partial charge < -0.3 is 16.4 Å². The smallest absolute Gasteiger partial charge is 0.283 e. The molecule has 4 N–H and O–H groups in total. The third-order valence-corrected chi connectivity index (χ3v) is 3.13. The summed E-state index contributed by atoms with van der Waals surface area (Å²) in [6.45, 7) is 3.34. The molecule has 1 rings (SSSR count). The van der Waals surface area contributed by atoms with Crippen LogP contribution >= 0.6 is 11.6 Å². The molecule has 0 saturated carbocycles. The van der Waals surface area contributed by atoms with Crippen LogP contribution in [0.25, 0.3) is 0 Å². The van der Waals surface area contributed by atoms with E-state index in [1.54, 1.807) is 13.8 Å². The highest BCUT2D eigenvalue weighted by molar-refractivity contribution is 6.34. The van der Waals surface area contributed by atoms with Gasteiger partial charge >= 0.3 is 0 Å². The normalized spacial score (nSPS) is 10.9. The van der Waals surface area contributed by atoms with Crippen LogP contribution in [-0.2, 0) is 4.79 Å². The Bertz CT molecular complexity index is 604. The van der Waals surface area contributed by atoms with Crippen LogP contribution in [0.1, 0.15) is 24.2 Å². The Balaban J connectivity index is 2.79. The van der Waals surface area contributed by atoms with E-state index in [2.05, 4.69) is 10.6 Å². The fourth-order valence-electron chi connectivity index (χ4n) is 1.61. The SMILES string of the molecule is CC(C)(CN)NC(=O)CNC(=O)c1c(Cl)cccc1[N+](=O)[O-]. The number of benzene rings is 1. The second-order valence-corrected chi connectivity index (χ2v) is 5.62. The zero-order valence-corrected chi connectivity index (χ0v) is 12.9. The summed E-state index contributed by atoms with van der Waals surface area (Å²) in [7, 11) is 0. The van der Waals surface area contributed by atoms with E-state index in [1.165, 1.54) is 18.2 Å². The molecule has 22 heavy (non-hydrogen) atoms. The van der Waals surface area contributed by atoms with Crippen molar-refractivity contribution in [2.45, 2.75) is 19.4 Å². The number of carbonyl (C=O) groups is 2. The van der Waals surface area contributed by atoms with Crippen LogP contribution in [0.3, 0.4) is 0 Å². The van der Waals surface area contributed by atoms with E-state index in [0.717, 1.165) is 0 Å². The Hall–Kier alpha value is -2.19. The molecular weight excluding hydrogens is 312 g/mol. The molecule has 0 aromatic heterocycles. The van der Waals surface area contributed by atoms with Gasteiger partial charge in [0.1, 0.15) is 5.56 Å². The molecule has 2 amide bonds. The molecule has 0 unspecified atom stereocenters. The van der Waals surface area contributed by atoms with Gasteiger partial charge in [0.05, 0.1) is 16.5 Å². The Labute approximate surface area is 132 Å². The molecular formula is C13H17ClN4O4. The third-order valence-electron chi connectivity index (χ3n) is 2.81. The van der Waals surface area contributed by atoms with E-state index < -0.39 is 28.0 Å². The lowest BCUT2D eigenvalue weighted by Crippen LogP contribution is -2.51. The lowest BCUT2D eigenvalue weighted by molar-refractivity contribution is -0.385. The van der Waals surface area contributed by atoms with Crippen molar-refractivity contribution in [3.8, 4) is 0 Å². The van der Waals surface area contributed by atoms with Gasteiger partial charge in [-0.2, -0.15) is 0 Å². The molecule has 0 aliphatic carbocycles. The molecule has 120 valence electrons. The van der Waals surface area contributed by atoms with Gasteiger partial charge in [-0.1, -0.05) is 17.7 Å². The average Bonchev–Trinajstić information content (AvgIpc) is 2.44. The molecule has 0 fully saturated rings. The van der Waals surface area contributed by atoms with Gasteiger partial charge in [0.15, 0.2) is 0 Å². The van der Waals surface area contributed by atoms with E-state index in [0.29, 0.717) is 0 Å². The Morgan fingerprint density at radius 1 is 1.41 bits per heavy atom. The van der Waals surface area contributed by atoms with Crippen molar-refractivity contribution < 1.29 is 14.5 Å². The predicted molar refractivity (Wildman–Crippen MR) is 81.7 cm³/mol. The van der Waals surface area contributed by atoms with Crippen LogP contribution in [0.15, 0.2) is 18.2 Å². The Kier molecular flexibility index (Phi) is 5.84. The number of hydrogen-bond donors (Lipinski definition) is 3. The van der Waals surface area contributed by atoms with Gasteiger partial charge in [-0.25, -0.2) is 0 Å². The molecule has 1 aromatic rings. The minimum atomic E-state index is -0.794. The van der Waals surface area contributed by atoms with Crippen LogP contribution in [0.4, 0.5) is 5.69 Å². The van der Waals surface area contributed by atoms with Crippen molar-refractivity contribution in [3.63, 3.8) is 0 Å². The first kappa shape index (κ1) is 17.9. The molecule has 0 aliphatic rings. The molecule has 0 saturated heterocycles. The van der Waals surface area contributed by atoms with Crippen LogP contribution in [-0.4, -0.2) is 35.4 Å². The lowest BCUT2D eigenvalue weighted by atomic mass is 10.1. The fraction of sp³-hybridized carbons (Fsp3) is 0.385. The van der Waals surface area contributed by atoms with E-state index >= 15 is 0 Å². The second-order valence-electron chi connectivity index (χ2n) is 5.21. The first-order chi connectivity index (χ1) is 10.2. The molecule has 0 bridgehead atoms. The molecule has 0 atom stereocenters. The van der Waals surface area contributed by atoms with Gasteiger partial charge in [0.25, 0.3) is 11.6 Å². The van der Waals surface area contributed by atoms with Crippen molar-refractivity contribution in [1.29, 1.82) is 0 Å². The molecule has 8 nitrogen and oxygen atoms in total. The van der Waals surface area contributed by atoms with Crippen LogP contribution < -0.4 is 16.4 Å². The summed E-state index contributed by atoms with van der Waals surface area (Å²) in [4.78, 5) is 33.9. The summed E-state index contributed by atoms with van der Waals surface area (Å²) in [6, 6.07) is 3.90. The Morgan fingerprint density at radius 3 is 2.59 bits per heavy atom. The maximum Gasteiger partial charge on any atom is 0.283 e. The molecule has 1 aromatic carbocycles. The van der Waals surface area contributed by atoms with E-state index in [1.807, 2.05) is 0 Å². The average molecular weight is 329 g/mol. The number of halogens is 1. The number of carbonyl (C=O) groups excluding carboxylic acids is 2. The van der Waals surface area contributed by atoms with Crippen molar-refractivity contribution in [2.75, 3.05) is 13.1 Å². The maximum atomic E-state index is 12.0. The quantitative estimate of drug-likeness (QED) is 0.526. The molecule has 0 spiro atoms. The van der Waals surface area contributed by atoms with Crippen molar-refractivity contribution in [3.05, 3.63) is 38.9 Å². The monoisotopic (exact) mass is 328 g/mol. The van der Waals surface area contributed by atoms with Crippen LogP contribution in [0.5, 0.6) is 0 Å². The van der Waals surface area contributed by atoms with Gasteiger partial charge in [0.2, 0.25) is 5.91 Å². The number of hydrogen-bond acceptors (Lipinski definition) is 5. The summed E-state index contributed by atoms with van der Waals surface area (Å²) >= 11 is 5.83. The Morgan fingerprint density at radius 2 is 2.05 bits per heavy atom. The van der Waals surface area contributed by atoms with Gasteiger partial charge in [-0.3, -0.25) is 19.7 Å². The zero-order chi connectivity index (χ0) is 16.9. The topological polar surface area (TPSA) is 127 Å². The van der Waals surface area contributed by atoms with Crippen molar-refractivity contribution in [1.82, 2.24) is 10.6 Å². The third kappa shape index (κ3) is 4.68. The van der Waals surface area contributed by atoms with E-state index in [9.17, 15) is 19.7 Å². The first-order valence-electron chi connectivity index (χ1n) is 6.40. The van der Waals surface area contributed by atoms with E-state index in [4.69, 9.17) is 17.3 Å². The molecule has 9 heteroatoms. The van der Waals surface area contributed by atoms with Crippen LogP contribution in [0, 0.1) is 10.1 Å². The highest BCUT2D eigenvalue weighted by atomic mass is 35.5. The zero-order valence-electron chi connectivity index (χ0n) is 12.2. The summed E-state index contributed by atoms with van der Waals surface area (Å²) < 4.78 is 0. The number of nitro benzene ring substituents is 1. The summed E-state index contributed by atoms with van der Waals surface area (Å²) in [5.41, 5.74) is 4.17. The van der Waals surface area contributed by atoms with Gasteiger partial charge in [-0.15, -0.1) is 0 Å². The standard InChI is InChI=1S/C13H17ClN4O4/c1-13(2,7-15)17-10(19)6-16-12(20)11-8(14)4-3-5-9(11)18(21)22/h3-5H,6-7,15H2,1-2H3,(H,16,20)(H,17,19).